The second kappa shape index (κ2) is 9.38. The monoisotopic (exact) mass is 353 g/mol. The summed E-state index contributed by atoms with van der Waals surface area (Å²) in [6.45, 7) is 9.08. The van der Waals surface area contributed by atoms with Crippen molar-refractivity contribution in [3.8, 4) is 0 Å². The van der Waals surface area contributed by atoms with Gasteiger partial charge in [0.25, 0.3) is 5.91 Å². The Bertz CT molecular complexity index is 745. The lowest BCUT2D eigenvalue weighted by Crippen LogP contribution is -2.29. The molecule has 1 aromatic heterocycles. The number of carbonyl (C=O) groups is 1. The number of likely N-dealkylation sites (N-methyl/N-ethyl adjacent to an activating group) is 1. The molecule has 0 saturated heterocycles. The average Bonchev–Trinajstić information content (AvgIpc) is 3.08. The highest BCUT2D eigenvalue weighted by atomic mass is 32.1. The van der Waals surface area contributed by atoms with Crippen LogP contribution in [0.15, 0.2) is 76.4 Å². The number of allylic oxidation sites excluding steroid dienone is 9. The molecule has 0 N–H and O–H groups in total. The Hall–Kier alpha value is -2.13. The van der Waals surface area contributed by atoms with E-state index in [0.717, 1.165) is 23.4 Å². The van der Waals surface area contributed by atoms with Crippen molar-refractivity contribution < 1.29 is 4.79 Å². The van der Waals surface area contributed by atoms with Gasteiger partial charge >= 0.3 is 0 Å². The van der Waals surface area contributed by atoms with Crippen molar-refractivity contribution in [3.05, 3.63) is 81.3 Å². The largest absolute Gasteiger partial charge is 0.308 e. The molecule has 2 nitrogen and oxygen atoms in total. The van der Waals surface area contributed by atoms with Crippen LogP contribution in [0.5, 0.6) is 0 Å². The zero-order valence-electron chi connectivity index (χ0n) is 15.6. The van der Waals surface area contributed by atoms with E-state index in [2.05, 4.69) is 57.2 Å². The molecule has 0 bridgehead atoms. The van der Waals surface area contributed by atoms with E-state index in [0.29, 0.717) is 6.54 Å². The topological polar surface area (TPSA) is 20.3 Å². The lowest BCUT2D eigenvalue weighted by atomic mass is 10.0. The number of thiophene rings is 1. The molecule has 0 spiro atoms. The van der Waals surface area contributed by atoms with E-state index in [-0.39, 0.29) is 5.91 Å². The fourth-order valence-corrected chi connectivity index (χ4v) is 3.56. The SMILES string of the molecule is CC/C=C(/C=C/C1=C(C)CC=CC=C1C)N(CC)C(=O)c1cccs1. The molecule has 0 saturated carbocycles. The molecule has 1 amide bonds. The molecule has 1 heterocycles. The Kier molecular flexibility index (Phi) is 7.20. The molecule has 0 fully saturated rings. The van der Waals surface area contributed by atoms with Crippen LogP contribution in [0.4, 0.5) is 0 Å². The van der Waals surface area contributed by atoms with Gasteiger partial charge in [-0.05, 0) is 62.3 Å². The molecule has 1 aliphatic rings. The second-order valence-electron chi connectivity index (χ2n) is 6.07. The van der Waals surface area contributed by atoms with Crippen LogP contribution in [-0.4, -0.2) is 17.4 Å². The number of carbonyl (C=O) groups excluding carboxylic acids is 1. The average molecular weight is 354 g/mol. The van der Waals surface area contributed by atoms with Crippen LogP contribution in [-0.2, 0) is 0 Å². The Balaban J connectivity index is 2.31. The minimum Gasteiger partial charge on any atom is -0.308 e. The molecule has 1 aromatic rings. The quantitative estimate of drug-likeness (QED) is 0.551. The standard InChI is InChI=1S/C22H27NOS/c1-5-10-19(23(6-2)22(24)21-13-9-16-25-21)14-15-20-17(3)11-7-8-12-18(20)4/h7-11,13-16H,5-6,12H2,1-4H3/b15-14+,19-10-. The molecular weight excluding hydrogens is 326 g/mol. The highest BCUT2D eigenvalue weighted by Crippen LogP contribution is 2.24. The predicted octanol–water partition coefficient (Wildman–Crippen LogP) is 6.28. The molecule has 0 unspecified atom stereocenters. The minimum absolute atomic E-state index is 0.0716. The van der Waals surface area contributed by atoms with Crippen molar-refractivity contribution in [1.29, 1.82) is 0 Å². The number of hydrogen-bond acceptors (Lipinski definition) is 2. The van der Waals surface area contributed by atoms with E-state index < -0.39 is 0 Å². The van der Waals surface area contributed by atoms with Gasteiger partial charge in [0.05, 0.1) is 4.88 Å². The van der Waals surface area contributed by atoms with Gasteiger partial charge in [0, 0.05) is 12.2 Å². The molecule has 0 aliphatic heterocycles. The first-order chi connectivity index (χ1) is 12.1. The van der Waals surface area contributed by atoms with Crippen molar-refractivity contribution in [2.75, 3.05) is 6.54 Å². The lowest BCUT2D eigenvalue weighted by molar-refractivity contribution is 0.0821. The van der Waals surface area contributed by atoms with Crippen molar-refractivity contribution in [1.82, 2.24) is 4.90 Å². The fraction of sp³-hybridized carbons (Fsp3) is 0.318. The Morgan fingerprint density at radius 2 is 2.12 bits per heavy atom. The first-order valence-electron chi connectivity index (χ1n) is 8.85. The summed E-state index contributed by atoms with van der Waals surface area (Å²) < 4.78 is 0. The third-order valence-corrected chi connectivity index (χ3v) is 5.09. The van der Waals surface area contributed by atoms with Crippen LogP contribution in [0, 0.1) is 0 Å². The molecule has 0 atom stereocenters. The Morgan fingerprint density at radius 3 is 2.76 bits per heavy atom. The van der Waals surface area contributed by atoms with Crippen molar-refractivity contribution in [2.24, 2.45) is 0 Å². The number of amides is 1. The summed E-state index contributed by atoms with van der Waals surface area (Å²) in [5.41, 5.74) is 4.83. The first kappa shape index (κ1) is 19.2. The first-order valence-corrected chi connectivity index (χ1v) is 9.73. The molecule has 3 heteroatoms. The van der Waals surface area contributed by atoms with E-state index >= 15 is 0 Å². The van der Waals surface area contributed by atoms with E-state index in [1.54, 1.807) is 0 Å². The number of nitrogens with zero attached hydrogens (tertiary/aromatic N) is 1. The van der Waals surface area contributed by atoms with Crippen molar-refractivity contribution >= 4 is 17.2 Å². The van der Waals surface area contributed by atoms with Gasteiger partial charge in [0.1, 0.15) is 0 Å². The lowest BCUT2D eigenvalue weighted by Gasteiger charge is -2.22. The second-order valence-corrected chi connectivity index (χ2v) is 7.02. The van der Waals surface area contributed by atoms with Crippen LogP contribution in [0.25, 0.3) is 0 Å². The van der Waals surface area contributed by atoms with Crippen LogP contribution < -0.4 is 0 Å². The fourth-order valence-electron chi connectivity index (χ4n) is 2.89. The smallest absolute Gasteiger partial charge is 0.268 e. The number of hydrogen-bond donors (Lipinski definition) is 0. The van der Waals surface area contributed by atoms with E-state index in [9.17, 15) is 4.79 Å². The maximum atomic E-state index is 12.8. The molecule has 0 aromatic carbocycles. The highest BCUT2D eigenvalue weighted by molar-refractivity contribution is 7.12. The van der Waals surface area contributed by atoms with E-state index in [4.69, 9.17) is 0 Å². The molecule has 2 rings (SSSR count). The molecule has 1 aliphatic carbocycles. The van der Waals surface area contributed by atoms with Gasteiger partial charge in [-0.1, -0.05) is 48.9 Å². The van der Waals surface area contributed by atoms with Gasteiger partial charge in [0.2, 0.25) is 0 Å². The van der Waals surface area contributed by atoms with Crippen LogP contribution in [0.3, 0.4) is 0 Å². The van der Waals surface area contributed by atoms with E-state index in [1.165, 1.54) is 28.1 Å². The van der Waals surface area contributed by atoms with Gasteiger partial charge in [0.15, 0.2) is 0 Å². The van der Waals surface area contributed by atoms with Crippen LogP contribution in [0.2, 0.25) is 0 Å². The van der Waals surface area contributed by atoms with Gasteiger partial charge in [-0.25, -0.2) is 0 Å². The van der Waals surface area contributed by atoms with Gasteiger partial charge in [-0.2, -0.15) is 0 Å². The van der Waals surface area contributed by atoms with Gasteiger partial charge in [-0.3, -0.25) is 4.79 Å². The van der Waals surface area contributed by atoms with E-state index in [1.807, 2.05) is 29.3 Å². The summed E-state index contributed by atoms with van der Waals surface area (Å²) in [4.78, 5) is 15.5. The highest BCUT2D eigenvalue weighted by Gasteiger charge is 2.17. The van der Waals surface area contributed by atoms with Crippen molar-refractivity contribution in [3.63, 3.8) is 0 Å². The third kappa shape index (κ3) is 4.93. The maximum Gasteiger partial charge on any atom is 0.268 e. The third-order valence-electron chi connectivity index (χ3n) is 4.23. The normalized spacial score (nSPS) is 15.5. The summed E-state index contributed by atoms with van der Waals surface area (Å²) in [5, 5.41) is 1.95. The zero-order valence-corrected chi connectivity index (χ0v) is 16.4. The summed E-state index contributed by atoms with van der Waals surface area (Å²) in [6.07, 6.45) is 14.7. The van der Waals surface area contributed by atoms with Crippen LogP contribution in [0.1, 0.15) is 50.2 Å². The Morgan fingerprint density at radius 1 is 1.32 bits per heavy atom. The predicted molar refractivity (Wildman–Crippen MR) is 109 cm³/mol. The molecule has 132 valence electrons. The summed E-state index contributed by atoms with van der Waals surface area (Å²) in [7, 11) is 0. The summed E-state index contributed by atoms with van der Waals surface area (Å²) in [6, 6.07) is 3.81. The summed E-state index contributed by atoms with van der Waals surface area (Å²) >= 11 is 1.49. The minimum atomic E-state index is 0.0716. The maximum absolute atomic E-state index is 12.8. The van der Waals surface area contributed by atoms with Gasteiger partial charge < -0.3 is 4.90 Å². The molecule has 25 heavy (non-hydrogen) atoms. The van der Waals surface area contributed by atoms with Crippen molar-refractivity contribution in [2.45, 2.75) is 40.5 Å². The Labute approximate surface area is 155 Å². The number of rotatable bonds is 6. The van der Waals surface area contributed by atoms with Crippen LogP contribution >= 0.6 is 11.3 Å². The molecular formula is C22H27NOS. The summed E-state index contributed by atoms with van der Waals surface area (Å²) in [5.74, 6) is 0.0716. The molecule has 0 radical (unpaired) electrons. The zero-order chi connectivity index (χ0) is 18.2. The van der Waals surface area contributed by atoms with Gasteiger partial charge in [-0.15, -0.1) is 11.3 Å².